The number of carbonyl (C=O) groups excluding carboxylic acids is 2. The average molecular weight is 428 g/mol. The summed E-state index contributed by atoms with van der Waals surface area (Å²) in [7, 11) is 0. The van der Waals surface area contributed by atoms with E-state index in [1.165, 1.54) is 0 Å². The van der Waals surface area contributed by atoms with E-state index < -0.39 is 6.04 Å². The van der Waals surface area contributed by atoms with E-state index in [4.69, 9.17) is 4.42 Å². The molecule has 0 unspecified atom stereocenters. The molecule has 0 aliphatic carbocycles. The van der Waals surface area contributed by atoms with Gasteiger partial charge in [-0.1, -0.05) is 36.4 Å². The van der Waals surface area contributed by atoms with Gasteiger partial charge in [0, 0.05) is 35.3 Å². The SMILES string of the molecule is Cc1nn(-c2ccccc2)c(C)c1[C@@H]1C(=O)NCCN1C(=O)c1oc2ccccc2c1C. The standard InChI is InChI=1S/C25H24N4O3/c1-15-19-11-7-8-12-20(19)32-23(15)25(31)28-14-13-26-24(30)22(28)21-16(2)27-29(17(21)3)18-9-5-4-6-10-18/h4-12,22H,13-14H2,1-3H3,(H,26,30)/t22-/m1/s1. The maximum absolute atomic E-state index is 13.6. The van der Waals surface area contributed by atoms with Crippen molar-refractivity contribution in [2.24, 2.45) is 0 Å². The molecule has 4 aromatic rings. The van der Waals surface area contributed by atoms with E-state index in [-0.39, 0.29) is 17.6 Å². The number of rotatable bonds is 3. The molecule has 0 saturated carbocycles. The number of hydrogen-bond acceptors (Lipinski definition) is 4. The minimum Gasteiger partial charge on any atom is -0.451 e. The van der Waals surface area contributed by atoms with Crippen molar-refractivity contribution in [3.8, 4) is 5.69 Å². The zero-order valence-electron chi connectivity index (χ0n) is 18.3. The summed E-state index contributed by atoms with van der Waals surface area (Å²) in [5.41, 5.74) is 4.64. The zero-order chi connectivity index (χ0) is 22.4. The van der Waals surface area contributed by atoms with Crippen LogP contribution in [0.1, 0.15) is 39.1 Å². The van der Waals surface area contributed by atoms with Crippen molar-refractivity contribution in [2.45, 2.75) is 26.8 Å². The number of carbonyl (C=O) groups is 2. The van der Waals surface area contributed by atoms with Crippen molar-refractivity contribution in [1.29, 1.82) is 0 Å². The fourth-order valence-corrected chi connectivity index (χ4v) is 4.55. The lowest BCUT2D eigenvalue weighted by Crippen LogP contribution is -2.52. The molecule has 0 radical (unpaired) electrons. The van der Waals surface area contributed by atoms with Crippen LogP contribution >= 0.6 is 0 Å². The molecular weight excluding hydrogens is 404 g/mol. The first kappa shape index (κ1) is 20.1. The second kappa shape index (κ2) is 7.67. The first-order valence-electron chi connectivity index (χ1n) is 10.7. The number of furan rings is 1. The molecule has 1 fully saturated rings. The molecule has 7 nitrogen and oxygen atoms in total. The third-order valence-electron chi connectivity index (χ3n) is 6.13. The Morgan fingerprint density at radius 1 is 1.06 bits per heavy atom. The summed E-state index contributed by atoms with van der Waals surface area (Å²) in [6, 6.07) is 16.6. The fraction of sp³-hybridized carbons (Fsp3) is 0.240. The Hall–Kier alpha value is -3.87. The number of aryl methyl sites for hydroxylation is 2. The van der Waals surface area contributed by atoms with Gasteiger partial charge in [-0.3, -0.25) is 9.59 Å². The van der Waals surface area contributed by atoms with Crippen LogP contribution in [-0.4, -0.2) is 39.6 Å². The van der Waals surface area contributed by atoms with Crippen molar-refractivity contribution >= 4 is 22.8 Å². The molecule has 32 heavy (non-hydrogen) atoms. The Morgan fingerprint density at radius 3 is 2.53 bits per heavy atom. The molecule has 3 heterocycles. The monoisotopic (exact) mass is 428 g/mol. The Balaban J connectivity index is 1.59. The molecule has 2 aromatic carbocycles. The van der Waals surface area contributed by atoms with E-state index in [0.29, 0.717) is 24.4 Å². The number of amides is 2. The molecule has 1 aliphatic rings. The highest BCUT2D eigenvalue weighted by molar-refractivity contribution is 6.01. The van der Waals surface area contributed by atoms with Crippen LogP contribution < -0.4 is 5.32 Å². The lowest BCUT2D eigenvalue weighted by molar-refractivity contribution is -0.128. The number of nitrogens with zero attached hydrogens (tertiary/aromatic N) is 3. The number of aromatic nitrogens is 2. The highest BCUT2D eigenvalue weighted by Crippen LogP contribution is 2.33. The van der Waals surface area contributed by atoms with Crippen molar-refractivity contribution in [2.75, 3.05) is 13.1 Å². The molecule has 2 aromatic heterocycles. The summed E-state index contributed by atoms with van der Waals surface area (Å²) in [6.07, 6.45) is 0. The van der Waals surface area contributed by atoms with Crippen LogP contribution in [0.25, 0.3) is 16.7 Å². The van der Waals surface area contributed by atoms with Gasteiger partial charge in [0.15, 0.2) is 5.76 Å². The predicted octanol–water partition coefficient (Wildman–Crippen LogP) is 3.86. The number of piperazine rings is 1. The van der Waals surface area contributed by atoms with Crippen molar-refractivity contribution in [3.05, 3.63) is 82.9 Å². The van der Waals surface area contributed by atoms with Gasteiger partial charge < -0.3 is 14.6 Å². The third kappa shape index (κ3) is 3.09. The number of hydrogen-bond donors (Lipinski definition) is 1. The van der Waals surface area contributed by atoms with Gasteiger partial charge in [-0.2, -0.15) is 5.10 Å². The Morgan fingerprint density at radius 2 is 1.78 bits per heavy atom. The van der Waals surface area contributed by atoms with E-state index in [9.17, 15) is 9.59 Å². The predicted molar refractivity (Wildman–Crippen MR) is 121 cm³/mol. The normalized spacial score (nSPS) is 16.4. The molecule has 162 valence electrons. The Kier molecular flexibility index (Phi) is 4.81. The molecule has 0 spiro atoms. The van der Waals surface area contributed by atoms with Crippen LogP contribution in [0.5, 0.6) is 0 Å². The number of nitrogens with one attached hydrogen (secondary N) is 1. The minimum atomic E-state index is -0.777. The van der Waals surface area contributed by atoms with Crippen LogP contribution in [0.4, 0.5) is 0 Å². The summed E-state index contributed by atoms with van der Waals surface area (Å²) >= 11 is 0. The van der Waals surface area contributed by atoms with Crippen LogP contribution in [0.2, 0.25) is 0 Å². The summed E-state index contributed by atoms with van der Waals surface area (Å²) in [4.78, 5) is 28.3. The van der Waals surface area contributed by atoms with E-state index >= 15 is 0 Å². The molecule has 1 aliphatic heterocycles. The van der Waals surface area contributed by atoms with Crippen molar-refractivity contribution in [1.82, 2.24) is 20.0 Å². The fourth-order valence-electron chi connectivity index (χ4n) is 4.55. The van der Waals surface area contributed by atoms with Crippen LogP contribution in [-0.2, 0) is 4.79 Å². The van der Waals surface area contributed by atoms with Crippen LogP contribution in [0, 0.1) is 20.8 Å². The molecule has 2 amide bonds. The summed E-state index contributed by atoms with van der Waals surface area (Å²) in [6.45, 7) is 6.46. The summed E-state index contributed by atoms with van der Waals surface area (Å²) in [5, 5.41) is 8.50. The molecule has 1 saturated heterocycles. The maximum atomic E-state index is 13.6. The topological polar surface area (TPSA) is 80.4 Å². The van der Waals surface area contributed by atoms with Gasteiger partial charge in [0.1, 0.15) is 11.6 Å². The average Bonchev–Trinajstić information content (AvgIpc) is 3.30. The van der Waals surface area contributed by atoms with Crippen molar-refractivity contribution in [3.63, 3.8) is 0 Å². The molecule has 1 atom stereocenters. The van der Waals surface area contributed by atoms with Crippen LogP contribution in [0.15, 0.2) is 59.0 Å². The number of para-hydroxylation sites is 2. The van der Waals surface area contributed by atoms with Gasteiger partial charge in [-0.05, 0) is 39.0 Å². The van der Waals surface area contributed by atoms with Gasteiger partial charge in [0.25, 0.3) is 5.91 Å². The molecular formula is C25H24N4O3. The smallest absolute Gasteiger partial charge is 0.290 e. The summed E-state index contributed by atoms with van der Waals surface area (Å²) < 4.78 is 7.75. The second-order valence-corrected chi connectivity index (χ2v) is 8.08. The van der Waals surface area contributed by atoms with Gasteiger partial charge >= 0.3 is 0 Å². The minimum absolute atomic E-state index is 0.211. The quantitative estimate of drug-likeness (QED) is 0.537. The first-order valence-corrected chi connectivity index (χ1v) is 10.7. The first-order chi connectivity index (χ1) is 15.5. The van der Waals surface area contributed by atoms with E-state index in [1.807, 2.05) is 80.1 Å². The maximum Gasteiger partial charge on any atom is 0.290 e. The lowest BCUT2D eigenvalue weighted by atomic mass is 9.99. The zero-order valence-corrected chi connectivity index (χ0v) is 18.3. The molecule has 7 heteroatoms. The van der Waals surface area contributed by atoms with Crippen molar-refractivity contribution < 1.29 is 14.0 Å². The Bertz CT molecular complexity index is 1340. The number of benzene rings is 2. The van der Waals surface area contributed by atoms with E-state index in [2.05, 4.69) is 10.4 Å². The Labute approximate surface area is 185 Å². The summed E-state index contributed by atoms with van der Waals surface area (Å²) in [5.74, 6) is -0.223. The van der Waals surface area contributed by atoms with E-state index in [1.54, 1.807) is 4.90 Å². The number of fused-ring (bicyclic) bond motifs is 1. The highest BCUT2D eigenvalue weighted by atomic mass is 16.3. The van der Waals surface area contributed by atoms with E-state index in [0.717, 1.165) is 27.9 Å². The molecule has 0 bridgehead atoms. The molecule has 1 N–H and O–H groups in total. The molecule has 5 rings (SSSR count). The van der Waals surface area contributed by atoms with Crippen LogP contribution in [0.3, 0.4) is 0 Å². The largest absolute Gasteiger partial charge is 0.451 e. The second-order valence-electron chi connectivity index (χ2n) is 8.08. The lowest BCUT2D eigenvalue weighted by Gasteiger charge is -2.35. The van der Waals surface area contributed by atoms with Gasteiger partial charge in [0.2, 0.25) is 5.91 Å². The van der Waals surface area contributed by atoms with Gasteiger partial charge in [-0.25, -0.2) is 4.68 Å². The highest BCUT2D eigenvalue weighted by Gasteiger charge is 2.39. The van der Waals surface area contributed by atoms with Gasteiger partial charge in [-0.15, -0.1) is 0 Å². The van der Waals surface area contributed by atoms with Gasteiger partial charge in [0.05, 0.1) is 11.4 Å². The third-order valence-corrected chi connectivity index (χ3v) is 6.13.